The Morgan fingerprint density at radius 1 is 0.917 bits per heavy atom. The van der Waals surface area contributed by atoms with E-state index in [9.17, 15) is 26.3 Å². The van der Waals surface area contributed by atoms with Crippen molar-refractivity contribution in [3.63, 3.8) is 0 Å². The first kappa shape index (κ1) is 19.1. The van der Waals surface area contributed by atoms with Crippen LogP contribution in [0.25, 0.3) is 0 Å². The fraction of sp³-hybridized carbons (Fsp3) is 0.667. The van der Waals surface area contributed by atoms with Gasteiger partial charge in [0.05, 0.1) is 0 Å². The molecule has 0 atom stereocenters. The number of aryl methyl sites for hydroxylation is 1. The molecule has 0 bridgehead atoms. The van der Waals surface area contributed by atoms with Crippen LogP contribution in [0.15, 0.2) is 18.2 Å². The van der Waals surface area contributed by atoms with Crippen molar-refractivity contribution in [1.82, 2.24) is 0 Å². The molecule has 1 aliphatic rings. The van der Waals surface area contributed by atoms with E-state index < -0.39 is 30.6 Å². The molecule has 136 valence electrons. The zero-order valence-corrected chi connectivity index (χ0v) is 14.0. The topological polar surface area (TPSA) is 0 Å². The molecule has 0 radical (unpaired) electrons. The summed E-state index contributed by atoms with van der Waals surface area (Å²) in [5.74, 6) is 0.0110. The summed E-state index contributed by atoms with van der Waals surface area (Å²) in [5, 5.41) is 0. The van der Waals surface area contributed by atoms with Gasteiger partial charge in [-0.1, -0.05) is 37.6 Å². The summed E-state index contributed by atoms with van der Waals surface area (Å²) in [4.78, 5) is 0. The van der Waals surface area contributed by atoms with Crippen LogP contribution in [0.4, 0.5) is 26.3 Å². The second-order valence-corrected chi connectivity index (χ2v) is 7.18. The molecule has 0 N–H and O–H groups in total. The highest BCUT2D eigenvalue weighted by Crippen LogP contribution is 2.60. The van der Waals surface area contributed by atoms with Gasteiger partial charge in [-0.25, -0.2) is 0 Å². The zero-order chi connectivity index (χ0) is 18.3. The lowest BCUT2D eigenvalue weighted by molar-refractivity contribution is -0.350. The summed E-state index contributed by atoms with van der Waals surface area (Å²) in [6.45, 7) is 5.92. The zero-order valence-electron chi connectivity index (χ0n) is 14.0. The summed E-state index contributed by atoms with van der Waals surface area (Å²) in [6.07, 6.45) is -12.5. The number of hydrogen-bond donors (Lipinski definition) is 0. The first-order valence-corrected chi connectivity index (χ1v) is 8.12. The van der Waals surface area contributed by atoms with Crippen LogP contribution in [0.2, 0.25) is 0 Å². The van der Waals surface area contributed by atoms with Gasteiger partial charge in [0.15, 0.2) is 5.41 Å². The van der Waals surface area contributed by atoms with Crippen molar-refractivity contribution < 1.29 is 26.3 Å². The van der Waals surface area contributed by atoms with Gasteiger partial charge in [0.2, 0.25) is 0 Å². The third-order valence-electron chi connectivity index (χ3n) is 5.18. The molecule has 0 saturated heterocycles. The lowest BCUT2D eigenvalue weighted by Crippen LogP contribution is -2.51. The van der Waals surface area contributed by atoms with E-state index in [0.29, 0.717) is 0 Å². The highest BCUT2D eigenvalue weighted by molar-refractivity contribution is 5.33. The number of halogens is 6. The Hall–Kier alpha value is -1.20. The maximum atomic E-state index is 13.1. The molecule has 0 heterocycles. The Kier molecular flexibility index (Phi) is 4.99. The lowest BCUT2D eigenvalue weighted by atomic mass is 9.67. The third-order valence-corrected chi connectivity index (χ3v) is 5.18. The molecule has 0 nitrogen and oxygen atoms in total. The molecule has 24 heavy (non-hydrogen) atoms. The van der Waals surface area contributed by atoms with Gasteiger partial charge in [-0.3, -0.25) is 0 Å². The molecule has 2 rings (SSSR count). The van der Waals surface area contributed by atoms with E-state index in [1.807, 2.05) is 39.0 Å². The maximum Gasteiger partial charge on any atom is 0.403 e. The molecule has 0 aliphatic heterocycles. The molecule has 0 aromatic heterocycles. The van der Waals surface area contributed by atoms with Crippen molar-refractivity contribution in [2.75, 3.05) is 0 Å². The predicted molar refractivity (Wildman–Crippen MR) is 81.0 cm³/mol. The van der Waals surface area contributed by atoms with E-state index in [1.165, 1.54) is 0 Å². The highest BCUT2D eigenvalue weighted by atomic mass is 19.4. The van der Waals surface area contributed by atoms with Crippen LogP contribution in [0.1, 0.15) is 68.1 Å². The largest absolute Gasteiger partial charge is 0.403 e. The van der Waals surface area contributed by atoms with E-state index >= 15 is 0 Å². The normalized spacial score (nSPS) is 19.8. The fourth-order valence-corrected chi connectivity index (χ4v) is 3.58. The van der Waals surface area contributed by atoms with Crippen LogP contribution in [0, 0.1) is 12.3 Å². The molecule has 1 saturated carbocycles. The maximum absolute atomic E-state index is 13.1. The summed E-state index contributed by atoms with van der Waals surface area (Å²) in [7, 11) is 0. The van der Waals surface area contributed by atoms with Crippen molar-refractivity contribution in [1.29, 1.82) is 0 Å². The second-order valence-electron chi connectivity index (χ2n) is 7.18. The highest BCUT2D eigenvalue weighted by Gasteiger charge is 2.70. The van der Waals surface area contributed by atoms with Crippen molar-refractivity contribution >= 4 is 0 Å². The van der Waals surface area contributed by atoms with Crippen LogP contribution in [0.5, 0.6) is 0 Å². The van der Waals surface area contributed by atoms with Gasteiger partial charge >= 0.3 is 12.4 Å². The Labute approximate surface area is 138 Å². The molecule has 6 heteroatoms. The van der Waals surface area contributed by atoms with Crippen molar-refractivity contribution in [2.24, 2.45) is 5.41 Å². The van der Waals surface area contributed by atoms with Crippen molar-refractivity contribution in [3.05, 3.63) is 34.9 Å². The number of rotatable bonds is 2. The monoisotopic (exact) mass is 352 g/mol. The number of benzene rings is 1. The first-order valence-electron chi connectivity index (χ1n) is 8.12. The van der Waals surface area contributed by atoms with E-state index in [-0.39, 0.29) is 24.7 Å². The minimum absolute atomic E-state index is 0.0972. The van der Waals surface area contributed by atoms with Crippen LogP contribution in [-0.2, 0) is 0 Å². The first-order chi connectivity index (χ1) is 10.9. The minimum Gasteiger partial charge on any atom is -0.170 e. The lowest BCUT2D eigenvalue weighted by Gasteiger charge is -2.42. The summed E-state index contributed by atoms with van der Waals surface area (Å²) >= 11 is 0. The van der Waals surface area contributed by atoms with Crippen molar-refractivity contribution in [2.45, 2.75) is 70.6 Å². The molecule has 1 aliphatic carbocycles. The van der Waals surface area contributed by atoms with Crippen LogP contribution in [0.3, 0.4) is 0 Å². The fourth-order valence-electron chi connectivity index (χ4n) is 3.58. The van der Waals surface area contributed by atoms with Gasteiger partial charge in [-0.05, 0) is 55.6 Å². The molecule has 1 fully saturated rings. The molecule has 0 amide bonds. The standard InChI is InChI=1S/C18H22F6/c1-11(2)14-8-12(3)9-15(10-14)13-4-6-16(7-5-13,17(19,20)21)18(22,23)24/h8-11,13H,4-7H2,1-3H3. The van der Waals surface area contributed by atoms with E-state index in [1.54, 1.807) is 0 Å². The average molecular weight is 352 g/mol. The van der Waals surface area contributed by atoms with Gasteiger partial charge in [0.1, 0.15) is 0 Å². The van der Waals surface area contributed by atoms with Crippen LogP contribution < -0.4 is 0 Å². The Balaban J connectivity index is 2.26. The van der Waals surface area contributed by atoms with Crippen molar-refractivity contribution in [3.8, 4) is 0 Å². The van der Waals surface area contributed by atoms with Gasteiger partial charge in [-0.15, -0.1) is 0 Å². The quantitative estimate of drug-likeness (QED) is 0.509. The van der Waals surface area contributed by atoms with Gasteiger partial charge in [0.25, 0.3) is 0 Å². The summed E-state index contributed by atoms with van der Waals surface area (Å²) in [6, 6.07) is 5.81. The summed E-state index contributed by atoms with van der Waals surface area (Å²) in [5.41, 5.74) is -0.647. The second kappa shape index (κ2) is 6.26. The molecule has 0 unspecified atom stereocenters. The van der Waals surface area contributed by atoms with Crippen LogP contribution in [-0.4, -0.2) is 12.4 Å². The van der Waals surface area contributed by atoms with E-state index in [0.717, 1.165) is 16.7 Å². The Morgan fingerprint density at radius 2 is 1.42 bits per heavy atom. The van der Waals surface area contributed by atoms with E-state index in [4.69, 9.17) is 0 Å². The third kappa shape index (κ3) is 3.42. The number of hydrogen-bond acceptors (Lipinski definition) is 0. The van der Waals surface area contributed by atoms with E-state index in [2.05, 4.69) is 0 Å². The molecule has 1 aromatic carbocycles. The minimum atomic E-state index is -5.26. The molecule has 1 aromatic rings. The number of alkyl halides is 6. The summed E-state index contributed by atoms with van der Waals surface area (Å²) < 4.78 is 78.8. The van der Waals surface area contributed by atoms with Gasteiger partial charge < -0.3 is 0 Å². The van der Waals surface area contributed by atoms with Gasteiger partial charge in [0, 0.05) is 0 Å². The molecular weight excluding hydrogens is 330 g/mol. The Morgan fingerprint density at radius 3 is 1.83 bits per heavy atom. The predicted octanol–water partition coefficient (Wildman–Crippen LogP) is 6.89. The SMILES string of the molecule is Cc1cc(C(C)C)cc(C2CCC(C(F)(F)F)(C(F)(F)F)CC2)c1. The Bertz CT molecular complexity index is 558. The van der Waals surface area contributed by atoms with Gasteiger partial charge in [-0.2, -0.15) is 26.3 Å². The molecule has 0 spiro atoms. The smallest absolute Gasteiger partial charge is 0.170 e. The van der Waals surface area contributed by atoms with Crippen LogP contribution >= 0.6 is 0 Å². The molecular formula is C18H22F6. The average Bonchev–Trinajstić information content (AvgIpc) is 2.44.